The van der Waals surface area contributed by atoms with Crippen LogP contribution in [0.25, 0.3) is 0 Å². The van der Waals surface area contributed by atoms with Gasteiger partial charge in [0.25, 0.3) is 0 Å². The molecule has 2 amide bonds. The van der Waals surface area contributed by atoms with Gasteiger partial charge in [-0.2, -0.15) is 5.10 Å². The van der Waals surface area contributed by atoms with E-state index in [2.05, 4.69) is 22.0 Å². The molecule has 6 nitrogen and oxygen atoms in total. The largest absolute Gasteiger partial charge is 0.341 e. The minimum Gasteiger partial charge on any atom is -0.321 e. The number of hydrogen-bond acceptors (Lipinski definition) is 4. The zero-order valence-electron chi connectivity index (χ0n) is 11.6. The van der Waals surface area contributed by atoms with Gasteiger partial charge in [0.2, 0.25) is 0 Å². The first-order chi connectivity index (χ1) is 9.75. The molecule has 2 aliphatic rings. The van der Waals surface area contributed by atoms with Gasteiger partial charge in [0, 0.05) is 45.0 Å². The first-order valence-electron chi connectivity index (χ1n) is 6.96. The Balaban J connectivity index is 1.72. The standard InChI is InChI=1S/C14H19N5O/c1-17-8-10-18(11-9-17)14(20)19-13(5-7-16-19)12-4-2-3-6-15-12/h2-4,6-7,13H,5,8-11H2,1H3. The Bertz CT molecular complexity index is 496. The molecular formula is C14H19N5O. The van der Waals surface area contributed by atoms with Crippen molar-refractivity contribution in [2.75, 3.05) is 33.2 Å². The summed E-state index contributed by atoms with van der Waals surface area (Å²) in [6.45, 7) is 3.35. The van der Waals surface area contributed by atoms with Gasteiger partial charge in [0.15, 0.2) is 0 Å². The van der Waals surface area contributed by atoms with Crippen LogP contribution < -0.4 is 0 Å². The van der Waals surface area contributed by atoms with Gasteiger partial charge >= 0.3 is 6.03 Å². The lowest BCUT2D eigenvalue weighted by Gasteiger charge is -2.35. The van der Waals surface area contributed by atoms with Crippen molar-refractivity contribution in [1.82, 2.24) is 19.8 Å². The number of rotatable bonds is 1. The van der Waals surface area contributed by atoms with Crippen LogP contribution in [0.15, 0.2) is 29.5 Å². The number of piperazine rings is 1. The van der Waals surface area contributed by atoms with Gasteiger partial charge in [-0.3, -0.25) is 4.98 Å². The number of hydrogen-bond donors (Lipinski definition) is 0. The summed E-state index contributed by atoms with van der Waals surface area (Å²) < 4.78 is 0. The molecule has 0 spiro atoms. The molecule has 0 bridgehead atoms. The maximum atomic E-state index is 12.6. The van der Waals surface area contributed by atoms with E-state index in [-0.39, 0.29) is 12.1 Å². The van der Waals surface area contributed by atoms with Crippen molar-refractivity contribution >= 4 is 12.2 Å². The van der Waals surface area contributed by atoms with Crippen LogP contribution in [0.1, 0.15) is 18.2 Å². The molecule has 106 valence electrons. The zero-order chi connectivity index (χ0) is 13.9. The van der Waals surface area contributed by atoms with Crippen molar-refractivity contribution < 1.29 is 4.79 Å². The fraction of sp³-hybridized carbons (Fsp3) is 0.500. The quantitative estimate of drug-likeness (QED) is 0.772. The Kier molecular flexibility index (Phi) is 3.64. The van der Waals surface area contributed by atoms with Crippen molar-refractivity contribution in [2.24, 2.45) is 5.10 Å². The van der Waals surface area contributed by atoms with Gasteiger partial charge in [0.1, 0.15) is 6.04 Å². The number of carbonyl (C=O) groups excluding carboxylic acids is 1. The van der Waals surface area contributed by atoms with Gasteiger partial charge in [-0.15, -0.1) is 0 Å². The second kappa shape index (κ2) is 5.58. The van der Waals surface area contributed by atoms with E-state index in [1.807, 2.05) is 23.1 Å². The highest BCUT2D eigenvalue weighted by atomic mass is 16.2. The first kappa shape index (κ1) is 13.1. The van der Waals surface area contributed by atoms with Crippen LogP contribution in [-0.2, 0) is 0 Å². The van der Waals surface area contributed by atoms with Crippen molar-refractivity contribution in [3.63, 3.8) is 0 Å². The molecule has 1 aromatic heterocycles. The predicted molar refractivity (Wildman–Crippen MR) is 76.4 cm³/mol. The molecule has 1 unspecified atom stereocenters. The molecule has 0 aliphatic carbocycles. The van der Waals surface area contributed by atoms with E-state index in [4.69, 9.17) is 0 Å². The molecule has 20 heavy (non-hydrogen) atoms. The Morgan fingerprint density at radius 3 is 2.75 bits per heavy atom. The third kappa shape index (κ3) is 2.51. The third-order valence-electron chi connectivity index (χ3n) is 3.83. The summed E-state index contributed by atoms with van der Waals surface area (Å²) in [5.41, 5.74) is 0.896. The Hall–Kier alpha value is -1.95. The minimum absolute atomic E-state index is 0.0116. The van der Waals surface area contributed by atoms with Gasteiger partial charge in [-0.05, 0) is 19.2 Å². The van der Waals surface area contributed by atoms with Gasteiger partial charge < -0.3 is 9.80 Å². The zero-order valence-corrected chi connectivity index (χ0v) is 11.6. The number of carbonyl (C=O) groups is 1. The second-order valence-corrected chi connectivity index (χ2v) is 5.22. The molecule has 1 atom stereocenters. The number of nitrogens with zero attached hydrogens (tertiary/aromatic N) is 5. The average Bonchev–Trinajstić information content (AvgIpc) is 2.97. The Morgan fingerprint density at radius 1 is 1.25 bits per heavy atom. The summed E-state index contributed by atoms with van der Waals surface area (Å²) in [5, 5.41) is 5.83. The van der Waals surface area contributed by atoms with Crippen molar-refractivity contribution in [2.45, 2.75) is 12.5 Å². The fourth-order valence-electron chi connectivity index (χ4n) is 2.56. The monoisotopic (exact) mass is 273 g/mol. The van der Waals surface area contributed by atoms with Crippen LogP contribution in [0.4, 0.5) is 4.79 Å². The van der Waals surface area contributed by atoms with E-state index >= 15 is 0 Å². The maximum absolute atomic E-state index is 12.6. The summed E-state index contributed by atoms with van der Waals surface area (Å²) in [6.07, 6.45) is 4.29. The van der Waals surface area contributed by atoms with Crippen molar-refractivity contribution in [3.05, 3.63) is 30.1 Å². The van der Waals surface area contributed by atoms with E-state index < -0.39 is 0 Å². The van der Waals surface area contributed by atoms with Gasteiger partial charge in [-0.1, -0.05) is 6.07 Å². The summed E-state index contributed by atoms with van der Waals surface area (Å²) in [6, 6.07) is 5.69. The normalized spacial score (nSPS) is 23.4. The van der Waals surface area contributed by atoms with Crippen LogP contribution in [0, 0.1) is 0 Å². The molecule has 6 heteroatoms. The molecule has 1 aromatic rings. The molecule has 0 N–H and O–H groups in total. The van der Waals surface area contributed by atoms with Crippen molar-refractivity contribution in [3.8, 4) is 0 Å². The molecule has 1 fully saturated rings. The highest BCUT2D eigenvalue weighted by molar-refractivity contribution is 5.78. The van der Waals surface area contributed by atoms with E-state index in [1.54, 1.807) is 17.4 Å². The smallest absolute Gasteiger partial charge is 0.321 e. The van der Waals surface area contributed by atoms with Crippen LogP contribution in [0.5, 0.6) is 0 Å². The highest BCUT2D eigenvalue weighted by Gasteiger charge is 2.33. The molecule has 3 rings (SSSR count). The molecule has 2 aliphatic heterocycles. The predicted octanol–water partition coefficient (Wildman–Crippen LogP) is 1.18. The summed E-state index contributed by atoms with van der Waals surface area (Å²) in [4.78, 5) is 21.0. The van der Waals surface area contributed by atoms with E-state index in [1.165, 1.54) is 0 Å². The first-order valence-corrected chi connectivity index (χ1v) is 6.96. The summed E-state index contributed by atoms with van der Waals surface area (Å²) in [5.74, 6) is 0. The topological polar surface area (TPSA) is 52.0 Å². The molecule has 3 heterocycles. The number of aromatic nitrogens is 1. The van der Waals surface area contributed by atoms with Crippen LogP contribution in [0.2, 0.25) is 0 Å². The third-order valence-corrected chi connectivity index (χ3v) is 3.83. The van der Waals surface area contributed by atoms with E-state index in [9.17, 15) is 4.79 Å². The lowest BCUT2D eigenvalue weighted by Crippen LogP contribution is -2.50. The minimum atomic E-state index is -0.0663. The molecule has 0 aromatic carbocycles. The van der Waals surface area contributed by atoms with E-state index in [0.29, 0.717) is 0 Å². The SMILES string of the molecule is CN1CCN(C(=O)N2N=CCC2c2ccccn2)CC1. The lowest BCUT2D eigenvalue weighted by molar-refractivity contribution is 0.114. The van der Waals surface area contributed by atoms with Gasteiger partial charge in [0.05, 0.1) is 5.69 Å². The fourth-order valence-corrected chi connectivity index (χ4v) is 2.56. The average molecular weight is 273 g/mol. The summed E-state index contributed by atoms with van der Waals surface area (Å²) in [7, 11) is 2.08. The molecule has 1 saturated heterocycles. The number of amides is 2. The molecule has 0 saturated carbocycles. The number of urea groups is 1. The van der Waals surface area contributed by atoms with Crippen LogP contribution >= 0.6 is 0 Å². The lowest BCUT2D eigenvalue weighted by atomic mass is 10.1. The molecular weight excluding hydrogens is 254 g/mol. The van der Waals surface area contributed by atoms with Gasteiger partial charge in [-0.25, -0.2) is 9.80 Å². The summed E-state index contributed by atoms with van der Waals surface area (Å²) >= 11 is 0. The highest BCUT2D eigenvalue weighted by Crippen LogP contribution is 2.27. The van der Waals surface area contributed by atoms with Crippen LogP contribution in [-0.4, -0.2) is 65.3 Å². The number of hydrazone groups is 1. The van der Waals surface area contributed by atoms with E-state index in [0.717, 1.165) is 38.3 Å². The number of likely N-dealkylation sites (N-methyl/N-ethyl adjacent to an activating group) is 1. The Morgan fingerprint density at radius 2 is 2.05 bits per heavy atom. The maximum Gasteiger partial charge on any atom is 0.341 e. The Labute approximate surface area is 118 Å². The van der Waals surface area contributed by atoms with Crippen molar-refractivity contribution in [1.29, 1.82) is 0 Å². The number of pyridine rings is 1. The second-order valence-electron chi connectivity index (χ2n) is 5.22. The molecule has 0 radical (unpaired) electrons. The van der Waals surface area contributed by atoms with Crippen LogP contribution in [0.3, 0.4) is 0 Å².